The Kier molecular flexibility index (Phi) is 31.8. The Morgan fingerprint density at radius 2 is 0.864 bits per heavy atom. The zero-order valence-corrected chi connectivity index (χ0v) is 29.6. The number of unbranched alkanes of at least 4 members (excludes halogenated alkanes) is 23. The van der Waals surface area contributed by atoms with E-state index in [0.29, 0.717) is 12.8 Å². The highest BCUT2D eigenvalue weighted by atomic mass is 16.3. The molecule has 0 bridgehead atoms. The fraction of sp³-hybridized carbons (Fsp3) is 0.974. The smallest absolute Gasteiger partial charge is 0.249 e. The molecule has 4 atom stereocenters. The van der Waals surface area contributed by atoms with E-state index in [4.69, 9.17) is 0 Å². The second-order valence-corrected chi connectivity index (χ2v) is 14.1. The van der Waals surface area contributed by atoms with Crippen molar-refractivity contribution in [1.29, 1.82) is 0 Å². The van der Waals surface area contributed by atoms with E-state index >= 15 is 0 Å². The molecule has 0 aromatic carbocycles. The Morgan fingerprint density at radius 3 is 1.23 bits per heavy atom. The minimum atomic E-state index is -1.25. The molecule has 44 heavy (non-hydrogen) atoms. The molecule has 0 aromatic rings. The molecule has 0 aliphatic heterocycles. The number of carbonyl (C=O) groups is 1. The maximum atomic E-state index is 12.4. The van der Waals surface area contributed by atoms with Gasteiger partial charge in [-0.2, -0.15) is 0 Å². The number of carbonyl (C=O) groups excluding carboxylic acids is 1. The fourth-order valence-corrected chi connectivity index (χ4v) is 6.12. The average Bonchev–Trinajstić information content (AvgIpc) is 3.01. The highest BCUT2D eigenvalue weighted by Gasteiger charge is 2.28. The third-order valence-corrected chi connectivity index (χ3v) is 9.25. The van der Waals surface area contributed by atoms with Crippen molar-refractivity contribution in [2.75, 3.05) is 6.61 Å². The first kappa shape index (κ1) is 43.3. The number of aliphatic hydroxyl groups excluding tert-OH is 4. The summed E-state index contributed by atoms with van der Waals surface area (Å²) in [7, 11) is 0. The molecule has 1 amide bonds. The molecule has 0 rings (SSSR count). The molecule has 4 unspecified atom stereocenters. The van der Waals surface area contributed by atoms with Gasteiger partial charge in [-0.25, -0.2) is 0 Å². The largest absolute Gasteiger partial charge is 0.394 e. The van der Waals surface area contributed by atoms with Gasteiger partial charge in [0.2, 0.25) is 5.91 Å². The van der Waals surface area contributed by atoms with Gasteiger partial charge in [0.15, 0.2) is 0 Å². The lowest BCUT2D eigenvalue weighted by atomic mass is 9.99. The molecule has 264 valence electrons. The summed E-state index contributed by atoms with van der Waals surface area (Å²) in [6, 6.07) is -0.978. The van der Waals surface area contributed by atoms with E-state index in [1.54, 1.807) is 0 Å². The molecule has 0 saturated carbocycles. The van der Waals surface area contributed by atoms with Gasteiger partial charge in [-0.3, -0.25) is 4.79 Å². The number of hydrogen-bond donors (Lipinski definition) is 5. The predicted octanol–water partition coefficient (Wildman–Crippen LogP) is 9.14. The quantitative estimate of drug-likeness (QED) is 0.0457. The van der Waals surface area contributed by atoms with E-state index in [-0.39, 0.29) is 0 Å². The third kappa shape index (κ3) is 27.6. The molecule has 0 spiro atoms. The van der Waals surface area contributed by atoms with Crippen molar-refractivity contribution >= 4 is 5.91 Å². The first-order valence-electron chi connectivity index (χ1n) is 19.3. The zero-order chi connectivity index (χ0) is 32.7. The van der Waals surface area contributed by atoms with Crippen LogP contribution in [-0.4, -0.2) is 57.3 Å². The van der Waals surface area contributed by atoms with Gasteiger partial charge in [0, 0.05) is 0 Å². The van der Waals surface area contributed by atoms with Crippen LogP contribution in [0, 0.1) is 5.92 Å². The van der Waals surface area contributed by atoms with Gasteiger partial charge in [0.25, 0.3) is 0 Å². The van der Waals surface area contributed by atoms with Crippen molar-refractivity contribution in [2.24, 2.45) is 5.92 Å². The van der Waals surface area contributed by atoms with Crippen molar-refractivity contribution in [3.05, 3.63) is 0 Å². The summed E-state index contributed by atoms with van der Waals surface area (Å²) in [6.45, 7) is 6.37. The maximum absolute atomic E-state index is 12.4. The van der Waals surface area contributed by atoms with Gasteiger partial charge >= 0.3 is 0 Å². The van der Waals surface area contributed by atoms with Crippen LogP contribution in [0.25, 0.3) is 0 Å². The van der Waals surface area contributed by atoms with Crippen LogP contribution >= 0.6 is 0 Å². The van der Waals surface area contributed by atoms with Gasteiger partial charge in [-0.05, 0) is 18.8 Å². The predicted molar refractivity (Wildman–Crippen MR) is 187 cm³/mol. The van der Waals surface area contributed by atoms with Crippen molar-refractivity contribution in [3.8, 4) is 0 Å². The van der Waals surface area contributed by atoms with E-state index in [9.17, 15) is 25.2 Å². The lowest BCUT2D eigenvalue weighted by Crippen LogP contribution is -2.53. The fourth-order valence-electron chi connectivity index (χ4n) is 6.12. The summed E-state index contributed by atoms with van der Waals surface area (Å²) in [4.78, 5) is 12.4. The molecule has 0 aromatic heterocycles. The SMILES string of the molecule is CCCCCCCCCCCCCCCC(O)C(=O)NC(CO)C(O)C(O)CCCCCCCCCCCCCCC(C)C. The normalized spacial score (nSPS) is 14.5. The molecule has 5 N–H and O–H groups in total. The van der Waals surface area contributed by atoms with Crippen molar-refractivity contribution in [2.45, 2.75) is 225 Å². The van der Waals surface area contributed by atoms with Crippen molar-refractivity contribution in [1.82, 2.24) is 5.32 Å². The molecule has 0 fully saturated rings. The molecule has 0 saturated heterocycles. The van der Waals surface area contributed by atoms with Crippen LogP contribution in [0.1, 0.15) is 201 Å². The molecule has 0 aliphatic carbocycles. The summed E-state index contributed by atoms with van der Waals surface area (Å²) in [5, 5.41) is 43.5. The second-order valence-electron chi connectivity index (χ2n) is 14.1. The van der Waals surface area contributed by atoms with E-state index in [2.05, 4.69) is 26.1 Å². The number of aliphatic hydroxyl groups is 4. The second kappa shape index (κ2) is 32.3. The van der Waals surface area contributed by atoms with Crippen LogP contribution in [0.3, 0.4) is 0 Å². The Bertz CT molecular complexity index is 602. The van der Waals surface area contributed by atoms with Gasteiger partial charge in [-0.15, -0.1) is 0 Å². The molecule has 6 heteroatoms. The van der Waals surface area contributed by atoms with Crippen LogP contribution in [0.5, 0.6) is 0 Å². The van der Waals surface area contributed by atoms with Crippen LogP contribution in [-0.2, 0) is 4.79 Å². The summed E-state index contributed by atoms with van der Waals surface area (Å²) < 4.78 is 0. The van der Waals surface area contributed by atoms with E-state index < -0.39 is 36.9 Å². The minimum absolute atomic E-state index is 0.374. The van der Waals surface area contributed by atoms with E-state index in [1.165, 1.54) is 128 Å². The number of rotatable bonds is 34. The third-order valence-electron chi connectivity index (χ3n) is 9.25. The lowest BCUT2D eigenvalue weighted by Gasteiger charge is -2.27. The van der Waals surface area contributed by atoms with Crippen LogP contribution in [0.2, 0.25) is 0 Å². The molecular formula is C38H77NO5. The van der Waals surface area contributed by atoms with Gasteiger partial charge < -0.3 is 25.7 Å². The number of nitrogens with one attached hydrogen (secondary N) is 1. The molecule has 0 aliphatic rings. The molecule has 0 radical (unpaired) electrons. The van der Waals surface area contributed by atoms with Gasteiger partial charge in [-0.1, -0.05) is 188 Å². The average molecular weight is 628 g/mol. The molecular weight excluding hydrogens is 550 g/mol. The van der Waals surface area contributed by atoms with Crippen molar-refractivity contribution < 1.29 is 25.2 Å². The Hall–Kier alpha value is -0.690. The van der Waals surface area contributed by atoms with E-state index in [1.807, 2.05) is 0 Å². The van der Waals surface area contributed by atoms with Gasteiger partial charge in [0.1, 0.15) is 12.2 Å². The Balaban J connectivity index is 3.78. The van der Waals surface area contributed by atoms with Crippen LogP contribution in [0.15, 0.2) is 0 Å². The number of hydrogen-bond acceptors (Lipinski definition) is 5. The highest BCUT2D eigenvalue weighted by molar-refractivity contribution is 5.80. The standard InChI is InChI=1S/C38H77NO5/c1-4-5-6-7-8-9-10-11-16-19-22-25-28-31-36(42)38(44)39-34(32-40)37(43)35(41)30-27-24-21-18-15-13-12-14-17-20-23-26-29-33(2)3/h33-37,40-43H,4-32H2,1-3H3,(H,39,44). The highest BCUT2D eigenvalue weighted by Crippen LogP contribution is 2.17. The monoisotopic (exact) mass is 628 g/mol. The Morgan fingerprint density at radius 1 is 0.523 bits per heavy atom. The van der Waals surface area contributed by atoms with E-state index in [0.717, 1.165) is 44.4 Å². The van der Waals surface area contributed by atoms with Crippen LogP contribution in [0.4, 0.5) is 0 Å². The zero-order valence-electron chi connectivity index (χ0n) is 29.6. The lowest BCUT2D eigenvalue weighted by molar-refractivity contribution is -0.132. The Labute approximate surface area is 273 Å². The molecule has 6 nitrogen and oxygen atoms in total. The summed E-state index contributed by atoms with van der Waals surface area (Å²) in [5.74, 6) is 0.247. The first-order valence-corrected chi connectivity index (χ1v) is 19.3. The topological polar surface area (TPSA) is 110 Å². The van der Waals surface area contributed by atoms with Crippen molar-refractivity contribution in [3.63, 3.8) is 0 Å². The first-order chi connectivity index (χ1) is 21.3. The summed E-state index contributed by atoms with van der Waals surface area (Å²) >= 11 is 0. The summed E-state index contributed by atoms with van der Waals surface area (Å²) in [6.07, 6.45) is 29.8. The van der Waals surface area contributed by atoms with Crippen LogP contribution < -0.4 is 5.32 Å². The minimum Gasteiger partial charge on any atom is -0.394 e. The summed E-state index contributed by atoms with van der Waals surface area (Å²) in [5.41, 5.74) is 0. The molecule has 0 heterocycles. The van der Waals surface area contributed by atoms with Gasteiger partial charge in [0.05, 0.1) is 18.8 Å². The number of amides is 1. The maximum Gasteiger partial charge on any atom is 0.249 e.